The molecular formula is C11H19NO6. The van der Waals surface area contributed by atoms with Crippen LogP contribution in [0.1, 0.15) is 26.2 Å². The SMILES string of the molecule is CCN(CCC(CC(=O)O)CC(=O)O)CC(=O)O. The molecule has 18 heavy (non-hydrogen) atoms. The second kappa shape index (κ2) is 8.46. The molecule has 0 atom stereocenters. The number of carboxylic acid groups (broad SMARTS) is 3. The molecule has 0 aliphatic heterocycles. The van der Waals surface area contributed by atoms with Crippen molar-refractivity contribution in [1.29, 1.82) is 0 Å². The van der Waals surface area contributed by atoms with E-state index in [9.17, 15) is 14.4 Å². The van der Waals surface area contributed by atoms with Gasteiger partial charge in [-0.1, -0.05) is 6.92 Å². The standard InChI is InChI=1S/C11H19NO6/c1-2-12(7-11(17)18)4-3-8(5-9(13)14)6-10(15)16/h8H,2-7H2,1H3,(H,13,14)(H,15,16)(H,17,18). The highest BCUT2D eigenvalue weighted by Crippen LogP contribution is 2.14. The summed E-state index contributed by atoms with van der Waals surface area (Å²) in [6.07, 6.45) is -0.0619. The molecule has 0 fully saturated rings. The van der Waals surface area contributed by atoms with Crippen LogP contribution in [-0.2, 0) is 14.4 Å². The van der Waals surface area contributed by atoms with Crippen LogP contribution in [-0.4, -0.2) is 57.8 Å². The lowest BCUT2D eigenvalue weighted by Gasteiger charge is -2.20. The number of rotatable bonds is 10. The van der Waals surface area contributed by atoms with Crippen molar-refractivity contribution < 1.29 is 29.7 Å². The van der Waals surface area contributed by atoms with Gasteiger partial charge in [-0.25, -0.2) is 0 Å². The Morgan fingerprint density at radius 3 is 1.83 bits per heavy atom. The van der Waals surface area contributed by atoms with E-state index in [4.69, 9.17) is 15.3 Å². The van der Waals surface area contributed by atoms with E-state index in [1.54, 1.807) is 11.8 Å². The first-order chi connectivity index (χ1) is 8.35. The van der Waals surface area contributed by atoms with E-state index in [-0.39, 0.29) is 19.4 Å². The van der Waals surface area contributed by atoms with Crippen LogP contribution in [0.3, 0.4) is 0 Å². The maximum absolute atomic E-state index is 10.6. The van der Waals surface area contributed by atoms with E-state index in [1.807, 2.05) is 0 Å². The molecule has 0 aromatic heterocycles. The first-order valence-corrected chi connectivity index (χ1v) is 5.72. The first kappa shape index (κ1) is 16.4. The van der Waals surface area contributed by atoms with Gasteiger partial charge in [-0.15, -0.1) is 0 Å². The summed E-state index contributed by atoms with van der Waals surface area (Å²) in [4.78, 5) is 33.3. The lowest BCUT2D eigenvalue weighted by Crippen LogP contribution is -2.32. The molecule has 0 radical (unpaired) electrons. The molecule has 0 amide bonds. The normalized spacial score (nSPS) is 10.8. The molecule has 0 aliphatic carbocycles. The minimum Gasteiger partial charge on any atom is -0.481 e. The Morgan fingerprint density at radius 1 is 1.00 bits per heavy atom. The molecular weight excluding hydrogens is 242 g/mol. The van der Waals surface area contributed by atoms with Crippen molar-refractivity contribution in [3.8, 4) is 0 Å². The molecule has 0 saturated carbocycles. The highest BCUT2D eigenvalue weighted by Gasteiger charge is 2.18. The van der Waals surface area contributed by atoms with Gasteiger partial charge in [-0.2, -0.15) is 0 Å². The van der Waals surface area contributed by atoms with Gasteiger partial charge in [0.2, 0.25) is 0 Å². The lowest BCUT2D eigenvalue weighted by atomic mass is 9.97. The summed E-state index contributed by atoms with van der Waals surface area (Å²) in [5.74, 6) is -3.50. The zero-order chi connectivity index (χ0) is 14.1. The zero-order valence-corrected chi connectivity index (χ0v) is 10.3. The fraction of sp³-hybridized carbons (Fsp3) is 0.727. The Bertz CT molecular complexity index is 288. The smallest absolute Gasteiger partial charge is 0.317 e. The summed E-state index contributed by atoms with van der Waals surface area (Å²) < 4.78 is 0. The Balaban J connectivity index is 4.25. The Hall–Kier alpha value is -1.63. The van der Waals surface area contributed by atoms with Gasteiger partial charge in [0.25, 0.3) is 0 Å². The van der Waals surface area contributed by atoms with Gasteiger partial charge in [0, 0.05) is 12.8 Å². The summed E-state index contributed by atoms with van der Waals surface area (Å²) in [6, 6.07) is 0. The number of aliphatic carboxylic acids is 3. The first-order valence-electron chi connectivity index (χ1n) is 5.72. The average Bonchev–Trinajstić information content (AvgIpc) is 2.21. The van der Waals surface area contributed by atoms with E-state index >= 15 is 0 Å². The topological polar surface area (TPSA) is 115 Å². The molecule has 0 saturated heterocycles. The molecule has 0 heterocycles. The van der Waals surface area contributed by atoms with Gasteiger partial charge in [0.05, 0.1) is 6.54 Å². The number of hydrogen-bond donors (Lipinski definition) is 3. The monoisotopic (exact) mass is 261 g/mol. The highest BCUT2D eigenvalue weighted by molar-refractivity contribution is 5.70. The van der Waals surface area contributed by atoms with E-state index < -0.39 is 23.8 Å². The van der Waals surface area contributed by atoms with E-state index in [0.29, 0.717) is 19.5 Å². The van der Waals surface area contributed by atoms with E-state index in [1.165, 1.54) is 0 Å². The molecule has 0 spiro atoms. The fourth-order valence-electron chi connectivity index (χ4n) is 1.68. The molecule has 0 rings (SSSR count). The van der Waals surface area contributed by atoms with Crippen LogP contribution in [0.2, 0.25) is 0 Å². The Labute approximate surface area is 105 Å². The summed E-state index contributed by atoms with van der Waals surface area (Å²) in [5.41, 5.74) is 0. The predicted molar refractivity (Wildman–Crippen MR) is 62.4 cm³/mol. The molecule has 0 bridgehead atoms. The van der Waals surface area contributed by atoms with Crippen LogP contribution in [0, 0.1) is 5.92 Å². The second-order valence-corrected chi connectivity index (χ2v) is 4.11. The van der Waals surface area contributed by atoms with Crippen molar-refractivity contribution >= 4 is 17.9 Å². The molecule has 3 N–H and O–H groups in total. The van der Waals surface area contributed by atoms with Crippen molar-refractivity contribution in [3.63, 3.8) is 0 Å². The Morgan fingerprint density at radius 2 is 1.50 bits per heavy atom. The largest absolute Gasteiger partial charge is 0.481 e. The fourth-order valence-corrected chi connectivity index (χ4v) is 1.68. The molecule has 0 aromatic rings. The quantitative estimate of drug-likeness (QED) is 0.519. The van der Waals surface area contributed by atoms with Crippen LogP contribution in [0.25, 0.3) is 0 Å². The summed E-state index contributed by atoms with van der Waals surface area (Å²) in [7, 11) is 0. The van der Waals surface area contributed by atoms with Crippen molar-refractivity contribution in [3.05, 3.63) is 0 Å². The maximum atomic E-state index is 10.6. The minimum absolute atomic E-state index is 0.122. The third-order valence-corrected chi connectivity index (χ3v) is 2.59. The van der Waals surface area contributed by atoms with Crippen LogP contribution >= 0.6 is 0 Å². The molecule has 0 aromatic carbocycles. The van der Waals surface area contributed by atoms with Gasteiger partial charge >= 0.3 is 17.9 Å². The summed E-state index contributed by atoms with van der Waals surface area (Å²) >= 11 is 0. The number of nitrogens with zero attached hydrogens (tertiary/aromatic N) is 1. The van der Waals surface area contributed by atoms with Crippen LogP contribution in [0.15, 0.2) is 0 Å². The second-order valence-electron chi connectivity index (χ2n) is 4.11. The van der Waals surface area contributed by atoms with Crippen molar-refractivity contribution in [1.82, 2.24) is 4.90 Å². The van der Waals surface area contributed by atoms with E-state index in [2.05, 4.69) is 0 Å². The van der Waals surface area contributed by atoms with Crippen molar-refractivity contribution in [2.45, 2.75) is 26.2 Å². The van der Waals surface area contributed by atoms with Gasteiger partial charge in [-0.3, -0.25) is 19.3 Å². The third-order valence-electron chi connectivity index (χ3n) is 2.59. The summed E-state index contributed by atoms with van der Waals surface area (Å²) in [5, 5.41) is 26.0. The van der Waals surface area contributed by atoms with Gasteiger partial charge in [-0.05, 0) is 25.4 Å². The zero-order valence-electron chi connectivity index (χ0n) is 10.3. The van der Waals surface area contributed by atoms with Crippen molar-refractivity contribution in [2.24, 2.45) is 5.92 Å². The molecule has 7 nitrogen and oxygen atoms in total. The number of carbonyl (C=O) groups is 3. The maximum Gasteiger partial charge on any atom is 0.317 e. The van der Waals surface area contributed by atoms with Gasteiger partial charge in [0.1, 0.15) is 0 Å². The average molecular weight is 261 g/mol. The lowest BCUT2D eigenvalue weighted by molar-refractivity contribution is -0.142. The van der Waals surface area contributed by atoms with Crippen LogP contribution < -0.4 is 0 Å². The third kappa shape index (κ3) is 8.51. The highest BCUT2D eigenvalue weighted by atomic mass is 16.4. The van der Waals surface area contributed by atoms with Gasteiger partial charge in [0.15, 0.2) is 0 Å². The summed E-state index contributed by atoms with van der Waals surface area (Å²) in [6.45, 7) is 2.59. The number of hydrogen-bond acceptors (Lipinski definition) is 4. The minimum atomic E-state index is -1.04. The molecule has 7 heteroatoms. The number of carboxylic acids is 3. The van der Waals surface area contributed by atoms with Crippen LogP contribution in [0.5, 0.6) is 0 Å². The van der Waals surface area contributed by atoms with Crippen molar-refractivity contribution in [2.75, 3.05) is 19.6 Å². The van der Waals surface area contributed by atoms with Crippen LogP contribution in [0.4, 0.5) is 0 Å². The molecule has 0 unspecified atom stereocenters. The molecule has 104 valence electrons. The van der Waals surface area contributed by atoms with E-state index in [0.717, 1.165) is 0 Å². The van der Waals surface area contributed by atoms with Gasteiger partial charge < -0.3 is 15.3 Å². The Kier molecular flexibility index (Phi) is 7.69. The molecule has 0 aliphatic rings. The number of likely N-dealkylation sites (N-methyl/N-ethyl adjacent to an activating group) is 1. The predicted octanol–water partition coefficient (Wildman–Crippen LogP) is 0.349.